The fraction of sp³-hybridized carbons (Fsp3) is 0.556. The number of morpholine rings is 1. The third kappa shape index (κ3) is 3.98. The van der Waals surface area contributed by atoms with E-state index >= 15 is 0 Å². The van der Waals surface area contributed by atoms with E-state index in [0.717, 1.165) is 118 Å². The number of rotatable bonds is 4. The maximum Gasteiger partial charge on any atom is 0.222 e. The third-order valence-electron chi connectivity index (χ3n) is 8.25. The summed E-state index contributed by atoms with van der Waals surface area (Å²) >= 11 is 0. The summed E-state index contributed by atoms with van der Waals surface area (Å²) < 4.78 is 7.69. The number of hydrogen-bond acceptors (Lipinski definition) is 9. The lowest BCUT2D eigenvalue weighted by molar-refractivity contribution is 0.122. The Bertz CT molecular complexity index is 1360. The summed E-state index contributed by atoms with van der Waals surface area (Å²) in [7, 11) is 0. The second kappa shape index (κ2) is 9.16. The minimum Gasteiger partial charge on any atom is -0.378 e. The van der Waals surface area contributed by atoms with Gasteiger partial charge in [-0.15, -0.1) is 0 Å². The summed E-state index contributed by atoms with van der Waals surface area (Å²) in [5.41, 5.74) is 11.6. The van der Waals surface area contributed by atoms with Crippen LogP contribution < -0.4 is 20.4 Å². The Balaban J connectivity index is 1.33. The molecule has 0 spiro atoms. The van der Waals surface area contributed by atoms with Crippen LogP contribution in [0.2, 0.25) is 0 Å². The zero-order valence-corrected chi connectivity index (χ0v) is 21.6. The molecule has 3 saturated heterocycles. The predicted molar refractivity (Wildman–Crippen MR) is 145 cm³/mol. The van der Waals surface area contributed by atoms with E-state index in [0.29, 0.717) is 5.95 Å². The summed E-state index contributed by atoms with van der Waals surface area (Å²) in [6, 6.07) is 4.52. The smallest absolute Gasteiger partial charge is 0.222 e. The molecule has 2 N–H and O–H groups in total. The van der Waals surface area contributed by atoms with Gasteiger partial charge in [0, 0.05) is 50.4 Å². The Morgan fingerprint density at radius 1 is 0.946 bits per heavy atom. The van der Waals surface area contributed by atoms with E-state index in [4.69, 9.17) is 25.5 Å². The van der Waals surface area contributed by atoms with Crippen LogP contribution in [0, 0.1) is 0 Å². The molecule has 10 heteroatoms. The summed E-state index contributed by atoms with van der Waals surface area (Å²) in [6.07, 6.45) is 8.74. The minimum atomic E-state index is 0.119. The molecule has 0 saturated carbocycles. The number of piperidine rings is 1. The maximum atomic E-state index is 6.23. The monoisotopic (exact) mass is 501 g/mol. The van der Waals surface area contributed by atoms with Crippen LogP contribution >= 0.6 is 0 Å². The molecule has 7 rings (SSSR count). The Morgan fingerprint density at radius 2 is 1.81 bits per heavy atom. The van der Waals surface area contributed by atoms with Crippen LogP contribution in [-0.2, 0) is 11.2 Å². The first-order chi connectivity index (χ1) is 18.2. The molecular formula is C27H35N9O. The molecule has 0 radical (unpaired) electrons. The predicted octanol–water partition coefficient (Wildman–Crippen LogP) is 3.23. The van der Waals surface area contributed by atoms with Crippen molar-refractivity contribution in [3.63, 3.8) is 0 Å². The Hall–Kier alpha value is -3.40. The summed E-state index contributed by atoms with van der Waals surface area (Å²) in [5.74, 6) is 3.47. The first-order valence-electron chi connectivity index (χ1n) is 13.7. The number of allylic oxidation sites excluding steroid dienone is 2. The Morgan fingerprint density at radius 3 is 2.62 bits per heavy atom. The van der Waals surface area contributed by atoms with Gasteiger partial charge in [0.1, 0.15) is 17.5 Å². The van der Waals surface area contributed by atoms with Crippen LogP contribution in [0.25, 0.3) is 11.2 Å². The SMILES string of the molecule is CC1=CCCc2nc(N)nc(N3CCCCC3c3cc4nc(N5CCC5)cc(N5CCOCC5)n4n3)c21. The highest BCUT2D eigenvalue weighted by Crippen LogP contribution is 2.40. The molecule has 10 nitrogen and oxygen atoms in total. The van der Waals surface area contributed by atoms with Crippen molar-refractivity contribution < 1.29 is 4.74 Å². The van der Waals surface area contributed by atoms with E-state index in [1.165, 1.54) is 12.0 Å². The van der Waals surface area contributed by atoms with Gasteiger partial charge < -0.3 is 25.2 Å². The number of aryl methyl sites for hydroxylation is 1. The van der Waals surface area contributed by atoms with Crippen molar-refractivity contribution in [1.29, 1.82) is 0 Å². The second-order valence-corrected chi connectivity index (χ2v) is 10.6. The van der Waals surface area contributed by atoms with Gasteiger partial charge in [-0.3, -0.25) is 0 Å². The quantitative estimate of drug-likeness (QED) is 0.577. The van der Waals surface area contributed by atoms with Crippen molar-refractivity contribution in [1.82, 2.24) is 24.6 Å². The zero-order valence-electron chi connectivity index (χ0n) is 21.6. The minimum absolute atomic E-state index is 0.119. The van der Waals surface area contributed by atoms with Crippen LogP contribution in [0.3, 0.4) is 0 Å². The zero-order chi connectivity index (χ0) is 24.9. The fourth-order valence-corrected chi connectivity index (χ4v) is 6.18. The number of fused-ring (bicyclic) bond motifs is 2. The Labute approximate surface area is 217 Å². The van der Waals surface area contributed by atoms with Crippen LogP contribution in [0.5, 0.6) is 0 Å². The largest absolute Gasteiger partial charge is 0.378 e. The first kappa shape index (κ1) is 22.8. The highest BCUT2D eigenvalue weighted by Gasteiger charge is 2.32. The van der Waals surface area contributed by atoms with Crippen LogP contribution in [0.4, 0.5) is 23.4 Å². The number of hydrogen-bond donors (Lipinski definition) is 1. The molecule has 37 heavy (non-hydrogen) atoms. The van der Waals surface area contributed by atoms with Gasteiger partial charge in [-0.2, -0.15) is 14.6 Å². The van der Waals surface area contributed by atoms with Crippen LogP contribution in [-0.4, -0.2) is 70.5 Å². The normalized spacial score (nSPS) is 22.1. The number of nitrogens with two attached hydrogens (primary N) is 1. The molecule has 3 aliphatic heterocycles. The van der Waals surface area contributed by atoms with Crippen molar-refractivity contribution in [2.24, 2.45) is 0 Å². The van der Waals surface area contributed by atoms with E-state index in [-0.39, 0.29) is 6.04 Å². The molecule has 6 heterocycles. The van der Waals surface area contributed by atoms with E-state index in [1.807, 2.05) is 4.52 Å². The molecule has 4 aliphatic rings. The van der Waals surface area contributed by atoms with Crippen molar-refractivity contribution in [2.45, 2.75) is 51.5 Å². The van der Waals surface area contributed by atoms with Gasteiger partial charge in [0.05, 0.1) is 30.6 Å². The van der Waals surface area contributed by atoms with Gasteiger partial charge >= 0.3 is 0 Å². The molecule has 0 aromatic carbocycles. The fourth-order valence-electron chi connectivity index (χ4n) is 6.18. The van der Waals surface area contributed by atoms with E-state index in [1.54, 1.807) is 0 Å². The van der Waals surface area contributed by atoms with E-state index in [9.17, 15) is 0 Å². The molecule has 0 bridgehead atoms. The maximum absolute atomic E-state index is 6.23. The molecule has 1 unspecified atom stereocenters. The standard InChI is InChI=1S/C27H35N9O/c1-18-6-4-7-19-25(18)26(31-27(28)29-19)35-11-3-2-8-21(35)20-16-23-30-22(33-9-5-10-33)17-24(36(23)32-20)34-12-14-37-15-13-34/h6,16-17,21H,2-5,7-15H2,1H3,(H2,28,29,31). The molecule has 3 fully saturated rings. The van der Waals surface area contributed by atoms with Gasteiger partial charge in [0.15, 0.2) is 5.65 Å². The molecule has 1 atom stereocenters. The lowest BCUT2D eigenvalue weighted by Crippen LogP contribution is -2.40. The van der Waals surface area contributed by atoms with Gasteiger partial charge in [-0.25, -0.2) is 9.97 Å². The number of nitrogens with zero attached hydrogens (tertiary/aromatic N) is 8. The van der Waals surface area contributed by atoms with Crippen LogP contribution in [0.1, 0.15) is 62.0 Å². The molecule has 0 amide bonds. The van der Waals surface area contributed by atoms with Crippen molar-refractivity contribution in [3.05, 3.63) is 35.2 Å². The number of ether oxygens (including phenoxy) is 1. The summed E-state index contributed by atoms with van der Waals surface area (Å²) in [6.45, 7) is 8.42. The number of nitrogen functional groups attached to an aromatic ring is 1. The van der Waals surface area contributed by atoms with Crippen molar-refractivity contribution >= 4 is 34.6 Å². The highest BCUT2D eigenvalue weighted by atomic mass is 16.5. The average Bonchev–Trinajstić information content (AvgIpc) is 3.31. The van der Waals surface area contributed by atoms with Crippen LogP contribution in [0.15, 0.2) is 18.2 Å². The molecular weight excluding hydrogens is 466 g/mol. The molecule has 1 aliphatic carbocycles. The number of aromatic nitrogens is 5. The topological polar surface area (TPSA) is 101 Å². The molecule has 194 valence electrons. The molecule has 3 aromatic heterocycles. The van der Waals surface area contributed by atoms with Gasteiger partial charge in [-0.1, -0.05) is 6.08 Å². The van der Waals surface area contributed by atoms with Crippen molar-refractivity contribution in [2.75, 3.05) is 66.4 Å². The van der Waals surface area contributed by atoms with Gasteiger partial charge in [-0.05, 0) is 51.0 Å². The lowest BCUT2D eigenvalue weighted by atomic mass is 9.93. The molecule has 3 aromatic rings. The van der Waals surface area contributed by atoms with Gasteiger partial charge in [0.2, 0.25) is 5.95 Å². The summed E-state index contributed by atoms with van der Waals surface area (Å²) in [5, 5.41) is 5.21. The van der Waals surface area contributed by atoms with Gasteiger partial charge in [0.25, 0.3) is 0 Å². The van der Waals surface area contributed by atoms with E-state index in [2.05, 4.69) is 44.8 Å². The third-order valence-corrected chi connectivity index (χ3v) is 8.25. The first-order valence-corrected chi connectivity index (χ1v) is 13.7. The number of anilines is 4. The van der Waals surface area contributed by atoms with Crippen molar-refractivity contribution in [3.8, 4) is 0 Å². The van der Waals surface area contributed by atoms with E-state index < -0.39 is 0 Å². The second-order valence-electron chi connectivity index (χ2n) is 10.6. The lowest BCUT2D eigenvalue weighted by Gasteiger charge is -2.37. The summed E-state index contributed by atoms with van der Waals surface area (Å²) in [4.78, 5) is 21.6. The Kier molecular flexibility index (Phi) is 5.64. The highest BCUT2D eigenvalue weighted by molar-refractivity contribution is 5.77. The average molecular weight is 502 g/mol.